The van der Waals surface area contributed by atoms with E-state index in [1.807, 2.05) is 0 Å². The van der Waals surface area contributed by atoms with Crippen LogP contribution >= 0.6 is 15.9 Å². The van der Waals surface area contributed by atoms with Crippen molar-refractivity contribution in [1.82, 2.24) is 14.8 Å². The first-order valence-electron chi connectivity index (χ1n) is 7.00. The van der Waals surface area contributed by atoms with Crippen molar-refractivity contribution in [3.05, 3.63) is 22.4 Å². The van der Waals surface area contributed by atoms with Crippen LogP contribution in [0.4, 0.5) is 0 Å². The van der Waals surface area contributed by atoms with Crippen LogP contribution in [-0.4, -0.2) is 42.5 Å². The molecule has 0 aliphatic heterocycles. The van der Waals surface area contributed by atoms with Crippen LogP contribution in [0.3, 0.4) is 0 Å². The number of carbonyl (C=O) groups is 1. The Hall–Kier alpha value is -1.25. The van der Waals surface area contributed by atoms with Crippen molar-refractivity contribution in [3.63, 3.8) is 0 Å². The Morgan fingerprint density at radius 3 is 2.77 bits per heavy atom. The Kier molecular flexibility index (Phi) is 5.35. The lowest BCUT2D eigenvalue weighted by molar-refractivity contribution is 0.0585. The highest BCUT2D eigenvalue weighted by atomic mass is 79.9. The zero-order chi connectivity index (χ0) is 16.3. The molecule has 2 aromatic rings. The molecule has 0 bridgehead atoms. The standard InChI is InChI=1S/C14H20BrN3O3Si/c1-20-14(19)12-11-7-10(15)8-16-13(11)18(17-12)9-21-5-6-22(2,3)4/h7-8H,5-6,9H2,1-4H3. The van der Waals surface area contributed by atoms with Gasteiger partial charge in [0, 0.05) is 25.4 Å². The molecule has 0 unspecified atom stereocenters. The van der Waals surface area contributed by atoms with Gasteiger partial charge in [0.25, 0.3) is 0 Å². The summed E-state index contributed by atoms with van der Waals surface area (Å²) in [7, 11) is 0.211. The summed E-state index contributed by atoms with van der Waals surface area (Å²) in [5.74, 6) is -0.481. The summed E-state index contributed by atoms with van der Waals surface area (Å²) >= 11 is 3.35. The van der Waals surface area contributed by atoms with Gasteiger partial charge in [-0.15, -0.1) is 0 Å². The third-order valence-electron chi connectivity index (χ3n) is 3.14. The first-order valence-corrected chi connectivity index (χ1v) is 11.5. The van der Waals surface area contributed by atoms with Gasteiger partial charge in [-0.05, 0) is 28.0 Å². The molecule has 2 aromatic heterocycles. The zero-order valence-corrected chi connectivity index (χ0v) is 15.8. The normalized spacial score (nSPS) is 11.9. The van der Waals surface area contributed by atoms with E-state index in [0.29, 0.717) is 17.6 Å². The maximum Gasteiger partial charge on any atom is 0.359 e. The highest BCUT2D eigenvalue weighted by Crippen LogP contribution is 2.21. The van der Waals surface area contributed by atoms with Crippen LogP contribution in [-0.2, 0) is 16.2 Å². The number of halogens is 1. The van der Waals surface area contributed by atoms with Gasteiger partial charge in [-0.2, -0.15) is 5.10 Å². The first-order chi connectivity index (χ1) is 10.3. The molecule has 0 fully saturated rings. The Labute approximate surface area is 138 Å². The Balaban J connectivity index is 2.21. The van der Waals surface area contributed by atoms with Crippen LogP contribution in [0, 0.1) is 0 Å². The largest absolute Gasteiger partial charge is 0.464 e. The van der Waals surface area contributed by atoms with Crippen LogP contribution < -0.4 is 0 Å². The van der Waals surface area contributed by atoms with Crippen molar-refractivity contribution in [3.8, 4) is 0 Å². The SMILES string of the molecule is COC(=O)c1nn(COCC[Si](C)(C)C)c2ncc(Br)cc12. The van der Waals surface area contributed by atoms with Gasteiger partial charge in [0.2, 0.25) is 0 Å². The van der Waals surface area contributed by atoms with E-state index in [0.717, 1.165) is 10.5 Å². The maximum atomic E-state index is 11.8. The molecule has 0 amide bonds. The van der Waals surface area contributed by atoms with Crippen LogP contribution in [0.25, 0.3) is 11.0 Å². The predicted molar refractivity (Wildman–Crippen MR) is 90.7 cm³/mol. The maximum absolute atomic E-state index is 11.8. The summed E-state index contributed by atoms with van der Waals surface area (Å²) in [4.78, 5) is 16.2. The van der Waals surface area contributed by atoms with Crippen LogP contribution in [0.2, 0.25) is 25.7 Å². The molecule has 0 radical (unpaired) electrons. The number of ether oxygens (including phenoxy) is 2. The quantitative estimate of drug-likeness (QED) is 0.433. The highest BCUT2D eigenvalue weighted by molar-refractivity contribution is 9.10. The molecule has 2 heterocycles. The van der Waals surface area contributed by atoms with Gasteiger partial charge in [-0.1, -0.05) is 19.6 Å². The van der Waals surface area contributed by atoms with Crippen molar-refractivity contribution >= 4 is 41.0 Å². The van der Waals surface area contributed by atoms with Gasteiger partial charge < -0.3 is 9.47 Å². The zero-order valence-electron chi connectivity index (χ0n) is 13.2. The van der Waals surface area contributed by atoms with E-state index in [4.69, 9.17) is 9.47 Å². The molecule has 0 saturated carbocycles. The lowest BCUT2D eigenvalue weighted by Crippen LogP contribution is -2.22. The third-order valence-corrected chi connectivity index (χ3v) is 5.28. The van der Waals surface area contributed by atoms with Crippen molar-refractivity contribution in [2.75, 3.05) is 13.7 Å². The van der Waals surface area contributed by atoms with Gasteiger partial charge in [-0.3, -0.25) is 0 Å². The fourth-order valence-electron chi connectivity index (χ4n) is 1.90. The summed E-state index contributed by atoms with van der Waals surface area (Å²) in [5, 5.41) is 4.93. The number of hydrogen-bond donors (Lipinski definition) is 0. The molecular weight excluding hydrogens is 366 g/mol. The summed E-state index contributed by atoms with van der Waals surface area (Å²) in [5.41, 5.74) is 0.858. The van der Waals surface area contributed by atoms with E-state index < -0.39 is 14.0 Å². The van der Waals surface area contributed by atoms with E-state index in [1.165, 1.54) is 7.11 Å². The molecule has 0 aliphatic carbocycles. The minimum atomic E-state index is -1.13. The van der Waals surface area contributed by atoms with Crippen molar-refractivity contribution < 1.29 is 14.3 Å². The minimum absolute atomic E-state index is 0.250. The lowest BCUT2D eigenvalue weighted by Gasteiger charge is -2.15. The molecule has 2 rings (SSSR count). The molecule has 0 aliphatic rings. The summed E-state index contributed by atoms with van der Waals surface area (Å²) in [6.45, 7) is 7.85. The Bertz CT molecular complexity index is 682. The summed E-state index contributed by atoms with van der Waals surface area (Å²) in [6.07, 6.45) is 1.67. The molecule has 0 spiro atoms. The van der Waals surface area contributed by atoms with Gasteiger partial charge in [0.15, 0.2) is 11.3 Å². The second-order valence-electron chi connectivity index (χ2n) is 6.21. The Morgan fingerprint density at radius 1 is 1.41 bits per heavy atom. The number of methoxy groups -OCH3 is 1. The second kappa shape index (κ2) is 6.89. The number of pyridine rings is 1. The summed E-state index contributed by atoms with van der Waals surface area (Å²) < 4.78 is 12.8. The molecule has 6 nitrogen and oxygen atoms in total. The van der Waals surface area contributed by atoms with Crippen molar-refractivity contribution in [2.45, 2.75) is 32.4 Å². The van der Waals surface area contributed by atoms with Gasteiger partial charge >= 0.3 is 5.97 Å². The first kappa shape index (κ1) is 17.1. The number of aromatic nitrogens is 3. The monoisotopic (exact) mass is 385 g/mol. The number of rotatable bonds is 6. The molecule has 8 heteroatoms. The molecular formula is C14H20BrN3O3Si. The average Bonchev–Trinajstić information content (AvgIpc) is 2.79. The van der Waals surface area contributed by atoms with E-state index in [-0.39, 0.29) is 12.4 Å². The number of carbonyl (C=O) groups excluding carboxylic acids is 1. The third kappa shape index (κ3) is 4.14. The van der Waals surface area contributed by atoms with Crippen LogP contribution in [0.15, 0.2) is 16.7 Å². The molecule has 0 atom stereocenters. The smallest absolute Gasteiger partial charge is 0.359 e. The van der Waals surface area contributed by atoms with Crippen LogP contribution in [0.1, 0.15) is 10.5 Å². The molecule has 22 heavy (non-hydrogen) atoms. The Morgan fingerprint density at radius 2 is 2.14 bits per heavy atom. The van der Waals surface area contributed by atoms with Gasteiger partial charge in [0.05, 0.1) is 12.5 Å². The molecule has 0 saturated heterocycles. The number of nitrogens with zero attached hydrogens (tertiary/aromatic N) is 3. The van der Waals surface area contributed by atoms with E-state index in [1.54, 1.807) is 16.9 Å². The van der Waals surface area contributed by atoms with Crippen molar-refractivity contribution in [1.29, 1.82) is 0 Å². The number of fused-ring (bicyclic) bond motifs is 1. The van der Waals surface area contributed by atoms with Crippen molar-refractivity contribution in [2.24, 2.45) is 0 Å². The van der Waals surface area contributed by atoms with Crippen LogP contribution in [0.5, 0.6) is 0 Å². The van der Waals surface area contributed by atoms with E-state index >= 15 is 0 Å². The summed E-state index contributed by atoms with van der Waals surface area (Å²) in [6, 6.07) is 2.88. The molecule has 120 valence electrons. The molecule has 0 N–H and O–H groups in total. The second-order valence-corrected chi connectivity index (χ2v) is 12.7. The minimum Gasteiger partial charge on any atom is -0.464 e. The van der Waals surface area contributed by atoms with E-state index in [2.05, 4.69) is 45.7 Å². The topological polar surface area (TPSA) is 66.2 Å². The predicted octanol–water partition coefficient (Wildman–Crippen LogP) is 3.29. The van der Waals surface area contributed by atoms with E-state index in [9.17, 15) is 4.79 Å². The average molecular weight is 386 g/mol. The highest BCUT2D eigenvalue weighted by Gasteiger charge is 2.19. The number of esters is 1. The fourth-order valence-corrected chi connectivity index (χ4v) is 2.99. The molecule has 0 aromatic carbocycles. The fraction of sp³-hybridized carbons (Fsp3) is 0.500. The lowest BCUT2D eigenvalue weighted by atomic mass is 10.2. The number of hydrogen-bond acceptors (Lipinski definition) is 5. The van der Waals surface area contributed by atoms with Gasteiger partial charge in [0.1, 0.15) is 6.73 Å². The van der Waals surface area contributed by atoms with Gasteiger partial charge in [-0.25, -0.2) is 14.5 Å².